The van der Waals surface area contributed by atoms with Gasteiger partial charge >= 0.3 is 0 Å². The largest absolute Gasteiger partial charge is 0.492 e. The lowest BCUT2D eigenvalue weighted by Crippen LogP contribution is -2.50. The molecule has 1 unspecified atom stereocenters. The van der Waals surface area contributed by atoms with Crippen LogP contribution in [0.1, 0.15) is 26.5 Å². The van der Waals surface area contributed by atoms with E-state index in [-0.39, 0.29) is 16.7 Å². The van der Waals surface area contributed by atoms with Gasteiger partial charge in [-0.2, -0.15) is 0 Å². The lowest BCUT2D eigenvalue weighted by molar-refractivity contribution is -0.130. The van der Waals surface area contributed by atoms with Crippen LogP contribution in [0.5, 0.6) is 5.75 Å². The highest BCUT2D eigenvalue weighted by atomic mass is 32.2. The van der Waals surface area contributed by atoms with Crippen molar-refractivity contribution in [3.05, 3.63) is 46.4 Å². The number of thioether (sulfide) groups is 1. The third-order valence-corrected chi connectivity index (χ3v) is 6.37. The van der Waals surface area contributed by atoms with Crippen LogP contribution in [0.4, 0.5) is 5.69 Å². The zero-order valence-corrected chi connectivity index (χ0v) is 18.9. The van der Waals surface area contributed by atoms with Gasteiger partial charge in [0.1, 0.15) is 5.75 Å². The maximum Gasteiger partial charge on any atom is 0.254 e. The minimum atomic E-state index is -0.308. The highest BCUT2D eigenvalue weighted by Crippen LogP contribution is 2.29. The molecule has 1 saturated heterocycles. The summed E-state index contributed by atoms with van der Waals surface area (Å²) in [6.07, 6.45) is 0.692. The molecule has 2 heterocycles. The predicted octanol–water partition coefficient (Wildman–Crippen LogP) is 2.57. The second-order valence-electron chi connectivity index (χ2n) is 7.25. The molecule has 0 bridgehead atoms. The van der Waals surface area contributed by atoms with Gasteiger partial charge in [-0.05, 0) is 32.4 Å². The zero-order valence-electron chi connectivity index (χ0n) is 18.1. The fourth-order valence-electron chi connectivity index (χ4n) is 3.48. The molecule has 0 radical (unpaired) electrons. The molecule has 0 saturated carbocycles. The van der Waals surface area contributed by atoms with Crippen molar-refractivity contribution in [3.8, 4) is 5.75 Å². The van der Waals surface area contributed by atoms with Gasteiger partial charge in [-0.15, -0.1) is 0 Å². The molecule has 0 aliphatic carbocycles. The Labute approximate surface area is 182 Å². The average Bonchev–Trinajstić information content (AvgIpc) is 2.77. The number of aryl methyl sites for hydroxylation is 1. The van der Waals surface area contributed by atoms with Gasteiger partial charge in [-0.3, -0.25) is 14.2 Å². The first-order valence-electron chi connectivity index (χ1n) is 10.4. The lowest BCUT2D eigenvalue weighted by atomic mass is 10.2. The minimum Gasteiger partial charge on any atom is -0.492 e. The summed E-state index contributed by atoms with van der Waals surface area (Å²) in [4.78, 5) is 33.8. The Hall–Kier alpha value is -2.48. The average molecular weight is 431 g/mol. The lowest BCUT2D eigenvalue weighted by Gasteiger charge is -2.37. The number of hydrogen-bond acceptors (Lipinski definition) is 6. The number of carbonyl (C=O) groups is 1. The maximum atomic E-state index is 13.0. The summed E-state index contributed by atoms with van der Waals surface area (Å²) in [7, 11) is 1.70. The van der Waals surface area contributed by atoms with Crippen LogP contribution in [-0.4, -0.2) is 58.4 Å². The number of amides is 1. The molecule has 3 rings (SSSR count). The Bertz CT molecular complexity index is 938. The highest BCUT2D eigenvalue weighted by molar-refractivity contribution is 8.00. The molecule has 1 aromatic carbocycles. The fourth-order valence-corrected chi connectivity index (χ4v) is 4.46. The first-order chi connectivity index (χ1) is 14.4. The third kappa shape index (κ3) is 4.98. The highest BCUT2D eigenvalue weighted by Gasteiger charge is 2.27. The molecule has 1 amide bonds. The van der Waals surface area contributed by atoms with Crippen molar-refractivity contribution in [2.45, 2.75) is 37.6 Å². The molecule has 30 heavy (non-hydrogen) atoms. The van der Waals surface area contributed by atoms with Gasteiger partial charge in [0.15, 0.2) is 5.16 Å². The summed E-state index contributed by atoms with van der Waals surface area (Å²) < 4.78 is 7.26. The van der Waals surface area contributed by atoms with E-state index < -0.39 is 0 Å². The van der Waals surface area contributed by atoms with E-state index in [1.807, 2.05) is 43.9 Å². The summed E-state index contributed by atoms with van der Waals surface area (Å²) >= 11 is 1.35. The molecule has 1 aromatic heterocycles. The van der Waals surface area contributed by atoms with E-state index in [1.54, 1.807) is 13.1 Å². The van der Waals surface area contributed by atoms with Crippen LogP contribution in [-0.2, 0) is 18.3 Å². The number of hydrogen-bond donors (Lipinski definition) is 0. The van der Waals surface area contributed by atoms with Gasteiger partial charge < -0.3 is 14.5 Å². The van der Waals surface area contributed by atoms with E-state index in [0.717, 1.165) is 30.2 Å². The second kappa shape index (κ2) is 10.0. The molecule has 8 heteroatoms. The van der Waals surface area contributed by atoms with Gasteiger partial charge in [0.25, 0.3) is 5.56 Å². The van der Waals surface area contributed by atoms with Gasteiger partial charge in [0, 0.05) is 45.0 Å². The molecule has 1 aliphatic rings. The van der Waals surface area contributed by atoms with E-state index >= 15 is 0 Å². The number of ether oxygens (including phenoxy) is 1. The first kappa shape index (κ1) is 22.2. The Morgan fingerprint density at radius 2 is 1.90 bits per heavy atom. The number of nitrogens with zero attached hydrogens (tertiary/aromatic N) is 4. The van der Waals surface area contributed by atoms with Crippen LogP contribution < -0.4 is 15.2 Å². The number of para-hydroxylation sites is 2. The van der Waals surface area contributed by atoms with E-state index in [1.165, 1.54) is 16.3 Å². The number of rotatable bonds is 7. The summed E-state index contributed by atoms with van der Waals surface area (Å²) in [5.74, 6) is 0.959. The number of benzene rings is 1. The number of anilines is 1. The van der Waals surface area contributed by atoms with E-state index in [4.69, 9.17) is 4.74 Å². The van der Waals surface area contributed by atoms with Crippen LogP contribution in [0, 0.1) is 0 Å². The quantitative estimate of drug-likeness (QED) is 0.497. The monoisotopic (exact) mass is 430 g/mol. The summed E-state index contributed by atoms with van der Waals surface area (Å²) in [6, 6.07) is 9.58. The SMILES string of the molecule is CCOc1ccccc1N1CCN(C(=O)C(C)Sc2nc(CC)cc(=O)n2C)CC1. The molecular formula is C22H30N4O3S. The van der Waals surface area contributed by atoms with Crippen LogP contribution in [0.3, 0.4) is 0 Å². The topological polar surface area (TPSA) is 67.7 Å². The zero-order chi connectivity index (χ0) is 21.7. The van der Waals surface area contributed by atoms with Crippen molar-refractivity contribution in [2.24, 2.45) is 7.05 Å². The smallest absolute Gasteiger partial charge is 0.254 e. The van der Waals surface area contributed by atoms with Crippen molar-refractivity contribution in [1.82, 2.24) is 14.5 Å². The molecule has 2 aromatic rings. The predicted molar refractivity (Wildman–Crippen MR) is 121 cm³/mol. The Morgan fingerprint density at radius 1 is 1.20 bits per heavy atom. The molecule has 1 aliphatic heterocycles. The summed E-state index contributed by atoms with van der Waals surface area (Å²) in [6.45, 7) is 9.29. The van der Waals surface area contributed by atoms with Gasteiger partial charge in [-0.1, -0.05) is 30.8 Å². The molecule has 0 spiro atoms. The van der Waals surface area contributed by atoms with Crippen LogP contribution in [0.25, 0.3) is 0 Å². The van der Waals surface area contributed by atoms with E-state index in [9.17, 15) is 9.59 Å². The number of carbonyl (C=O) groups excluding carboxylic acids is 1. The molecule has 1 atom stereocenters. The normalized spacial score (nSPS) is 15.2. The molecule has 1 fully saturated rings. The molecule has 7 nitrogen and oxygen atoms in total. The second-order valence-corrected chi connectivity index (χ2v) is 8.56. The summed E-state index contributed by atoms with van der Waals surface area (Å²) in [5, 5.41) is 0.280. The Balaban J connectivity index is 1.63. The number of aromatic nitrogens is 2. The van der Waals surface area contributed by atoms with Crippen molar-refractivity contribution in [1.29, 1.82) is 0 Å². The van der Waals surface area contributed by atoms with Crippen molar-refractivity contribution < 1.29 is 9.53 Å². The Morgan fingerprint density at radius 3 is 2.57 bits per heavy atom. The van der Waals surface area contributed by atoms with Gasteiger partial charge in [-0.25, -0.2) is 4.98 Å². The first-order valence-corrected chi connectivity index (χ1v) is 11.3. The number of piperazine rings is 1. The molecule has 162 valence electrons. The summed E-state index contributed by atoms with van der Waals surface area (Å²) in [5.41, 5.74) is 1.73. The van der Waals surface area contributed by atoms with E-state index in [2.05, 4.69) is 16.0 Å². The van der Waals surface area contributed by atoms with Crippen molar-refractivity contribution in [2.75, 3.05) is 37.7 Å². The van der Waals surface area contributed by atoms with Crippen molar-refractivity contribution >= 4 is 23.4 Å². The van der Waals surface area contributed by atoms with Crippen molar-refractivity contribution in [3.63, 3.8) is 0 Å². The van der Waals surface area contributed by atoms with E-state index in [0.29, 0.717) is 31.3 Å². The molecule has 0 N–H and O–H groups in total. The Kier molecular flexibility index (Phi) is 7.42. The maximum absolute atomic E-state index is 13.0. The van der Waals surface area contributed by atoms with Crippen LogP contribution >= 0.6 is 11.8 Å². The standard InChI is InChI=1S/C22H30N4O3S/c1-5-17-15-20(27)24(4)22(23-17)30-16(3)21(28)26-13-11-25(12-14-26)18-9-7-8-10-19(18)29-6-2/h7-10,15-16H,5-6,11-14H2,1-4H3. The van der Waals surface area contributed by atoms with Gasteiger partial charge in [0.05, 0.1) is 17.5 Å². The van der Waals surface area contributed by atoms with Gasteiger partial charge in [0.2, 0.25) is 5.91 Å². The van der Waals surface area contributed by atoms with Crippen LogP contribution in [0.2, 0.25) is 0 Å². The van der Waals surface area contributed by atoms with Crippen LogP contribution in [0.15, 0.2) is 40.3 Å². The third-order valence-electron chi connectivity index (χ3n) is 5.24. The minimum absolute atomic E-state index is 0.0777. The molecular weight excluding hydrogens is 400 g/mol. The fraction of sp³-hybridized carbons (Fsp3) is 0.500.